The highest BCUT2D eigenvalue weighted by Gasteiger charge is 2.46. The van der Waals surface area contributed by atoms with Crippen LogP contribution in [-0.2, 0) is 42.9 Å². The molecule has 0 saturated heterocycles. The highest BCUT2D eigenvalue weighted by atomic mass is 16.6. The van der Waals surface area contributed by atoms with Crippen LogP contribution in [-0.4, -0.2) is 78.0 Å². The first-order valence-electron chi connectivity index (χ1n) is 12.1. The third-order valence-corrected chi connectivity index (χ3v) is 5.99. The van der Waals surface area contributed by atoms with Crippen molar-refractivity contribution in [3.05, 3.63) is 42.3 Å². The van der Waals surface area contributed by atoms with E-state index in [4.69, 9.17) is 28.4 Å². The molecule has 0 aliphatic carbocycles. The third kappa shape index (κ3) is 7.12. The van der Waals surface area contributed by atoms with Crippen molar-refractivity contribution in [2.75, 3.05) is 20.8 Å². The Morgan fingerprint density at radius 1 is 1.03 bits per heavy atom. The predicted octanol–water partition coefficient (Wildman–Crippen LogP) is 2.01. The highest BCUT2D eigenvalue weighted by molar-refractivity contribution is 5.86. The number of ether oxygens (including phenoxy) is 6. The van der Waals surface area contributed by atoms with Gasteiger partial charge in [0.2, 0.25) is 5.76 Å². The number of carbonyl (C=O) groups is 4. The van der Waals surface area contributed by atoms with E-state index < -0.39 is 60.8 Å². The smallest absolute Gasteiger partial charge is 0.373 e. The monoisotopic (exact) mass is 545 g/mol. The Morgan fingerprint density at radius 2 is 1.72 bits per heavy atom. The first kappa shape index (κ1) is 29.1. The van der Waals surface area contributed by atoms with Crippen LogP contribution in [0.25, 0.3) is 11.3 Å². The molecule has 2 heterocycles. The van der Waals surface area contributed by atoms with Gasteiger partial charge in [-0.2, -0.15) is 0 Å². The zero-order chi connectivity index (χ0) is 28.7. The fourth-order valence-electron chi connectivity index (χ4n) is 4.25. The lowest BCUT2D eigenvalue weighted by Gasteiger charge is -2.40. The minimum Gasteiger partial charge on any atom is -0.496 e. The van der Waals surface area contributed by atoms with Crippen LogP contribution in [0.1, 0.15) is 33.7 Å². The minimum atomic E-state index is -1.27. The van der Waals surface area contributed by atoms with Gasteiger partial charge in [-0.1, -0.05) is 24.3 Å². The SMILES string of the molecule is COC(=O)C1=C[C@H](n2cc(-c3ccccc3OC)nn2)[C@@H](C)[C@H]([C@H](OC(C)=O)[C@@H](COC(C)=O)OC(C)=O)O1. The quantitative estimate of drug-likeness (QED) is 0.317. The van der Waals surface area contributed by atoms with Crippen molar-refractivity contribution in [2.45, 2.75) is 52.0 Å². The van der Waals surface area contributed by atoms with Gasteiger partial charge in [0.1, 0.15) is 24.2 Å². The van der Waals surface area contributed by atoms with E-state index in [9.17, 15) is 19.2 Å². The average molecular weight is 546 g/mol. The zero-order valence-electron chi connectivity index (χ0n) is 22.5. The lowest BCUT2D eigenvalue weighted by molar-refractivity contribution is -0.190. The van der Waals surface area contributed by atoms with Gasteiger partial charge in [0.15, 0.2) is 12.2 Å². The van der Waals surface area contributed by atoms with E-state index in [-0.39, 0.29) is 5.76 Å². The number of methoxy groups -OCH3 is 2. The molecule has 1 aliphatic rings. The van der Waals surface area contributed by atoms with Gasteiger partial charge in [0.25, 0.3) is 0 Å². The molecule has 0 fully saturated rings. The molecular weight excluding hydrogens is 514 g/mol. The van der Waals surface area contributed by atoms with Gasteiger partial charge in [-0.05, 0) is 18.2 Å². The first-order chi connectivity index (χ1) is 18.5. The van der Waals surface area contributed by atoms with E-state index in [1.807, 2.05) is 18.2 Å². The Morgan fingerprint density at radius 3 is 2.33 bits per heavy atom. The largest absolute Gasteiger partial charge is 0.496 e. The number of carbonyl (C=O) groups excluding carboxylic acids is 4. The van der Waals surface area contributed by atoms with Crippen LogP contribution in [0.4, 0.5) is 0 Å². The number of hydrogen-bond donors (Lipinski definition) is 0. The Labute approximate surface area is 224 Å². The van der Waals surface area contributed by atoms with Crippen molar-refractivity contribution in [3.63, 3.8) is 0 Å². The molecule has 1 aromatic heterocycles. The molecule has 13 nitrogen and oxygen atoms in total. The number of para-hydroxylation sites is 1. The average Bonchev–Trinajstić information content (AvgIpc) is 3.39. The normalized spacial score (nSPS) is 19.9. The van der Waals surface area contributed by atoms with E-state index in [1.165, 1.54) is 31.7 Å². The molecule has 0 bridgehead atoms. The maximum atomic E-state index is 12.6. The predicted molar refractivity (Wildman–Crippen MR) is 133 cm³/mol. The summed E-state index contributed by atoms with van der Waals surface area (Å²) in [5, 5.41) is 8.54. The number of nitrogens with zero attached hydrogens (tertiary/aromatic N) is 3. The molecule has 210 valence electrons. The summed E-state index contributed by atoms with van der Waals surface area (Å²) in [5.41, 5.74) is 1.22. The van der Waals surface area contributed by atoms with Crippen molar-refractivity contribution < 1.29 is 47.6 Å². The molecule has 0 spiro atoms. The summed E-state index contributed by atoms with van der Waals surface area (Å²) < 4.78 is 33.7. The molecule has 3 rings (SSSR count). The van der Waals surface area contributed by atoms with Gasteiger partial charge in [-0.15, -0.1) is 5.10 Å². The fourth-order valence-corrected chi connectivity index (χ4v) is 4.25. The molecule has 1 aliphatic heterocycles. The van der Waals surface area contributed by atoms with Gasteiger partial charge in [0, 0.05) is 32.3 Å². The van der Waals surface area contributed by atoms with Crippen LogP contribution in [0.3, 0.4) is 0 Å². The van der Waals surface area contributed by atoms with Crippen LogP contribution < -0.4 is 4.74 Å². The van der Waals surface area contributed by atoms with E-state index in [0.29, 0.717) is 17.0 Å². The summed E-state index contributed by atoms with van der Waals surface area (Å²) in [6.07, 6.45) is -0.368. The summed E-state index contributed by atoms with van der Waals surface area (Å²) in [5.74, 6) is -2.95. The molecule has 0 saturated carbocycles. The lowest BCUT2D eigenvalue weighted by Crippen LogP contribution is -2.52. The van der Waals surface area contributed by atoms with E-state index in [1.54, 1.807) is 26.3 Å². The van der Waals surface area contributed by atoms with E-state index in [0.717, 1.165) is 6.92 Å². The summed E-state index contributed by atoms with van der Waals surface area (Å²) in [4.78, 5) is 48.1. The number of esters is 4. The summed E-state index contributed by atoms with van der Waals surface area (Å²) in [6, 6.07) is 6.64. The number of aromatic nitrogens is 3. The molecule has 0 amide bonds. The summed E-state index contributed by atoms with van der Waals surface area (Å²) in [7, 11) is 2.74. The molecule has 39 heavy (non-hydrogen) atoms. The van der Waals surface area contributed by atoms with Crippen molar-refractivity contribution in [3.8, 4) is 17.0 Å². The molecule has 2 aromatic rings. The second-order valence-corrected chi connectivity index (χ2v) is 8.76. The standard InChI is InChI=1S/C26H31N3O10/c1-14-20(29-12-19(27-28-29)18-9-7-8-10-21(18)34-5)11-22(26(33)35-6)39-24(14)25(38-17(4)32)23(37-16(3)31)13-36-15(2)30/h7-12,14,20,23-25H,13H2,1-6H3/t14-,20+,23-,24-,25-/m1/s1. The van der Waals surface area contributed by atoms with Gasteiger partial charge in [-0.3, -0.25) is 14.4 Å². The molecule has 0 unspecified atom stereocenters. The third-order valence-electron chi connectivity index (χ3n) is 5.99. The Hall–Kier alpha value is -4.42. The van der Waals surface area contributed by atoms with E-state index in [2.05, 4.69) is 10.3 Å². The van der Waals surface area contributed by atoms with Crippen LogP contribution in [0.15, 0.2) is 42.3 Å². The van der Waals surface area contributed by atoms with Gasteiger partial charge >= 0.3 is 23.9 Å². The maximum absolute atomic E-state index is 12.6. The second kappa shape index (κ2) is 12.9. The molecule has 0 N–H and O–H groups in total. The highest BCUT2D eigenvalue weighted by Crippen LogP contribution is 2.37. The summed E-state index contributed by atoms with van der Waals surface area (Å²) >= 11 is 0. The van der Waals surface area contributed by atoms with Crippen molar-refractivity contribution in [2.24, 2.45) is 5.92 Å². The zero-order valence-corrected chi connectivity index (χ0v) is 22.5. The number of hydrogen-bond acceptors (Lipinski definition) is 12. The van der Waals surface area contributed by atoms with Crippen LogP contribution >= 0.6 is 0 Å². The van der Waals surface area contributed by atoms with Crippen molar-refractivity contribution in [1.82, 2.24) is 15.0 Å². The Kier molecular flexibility index (Phi) is 9.63. The topological polar surface area (TPSA) is 154 Å². The molecule has 0 radical (unpaired) electrons. The first-order valence-corrected chi connectivity index (χ1v) is 12.1. The van der Waals surface area contributed by atoms with Crippen molar-refractivity contribution >= 4 is 23.9 Å². The van der Waals surface area contributed by atoms with Crippen LogP contribution in [0, 0.1) is 5.92 Å². The van der Waals surface area contributed by atoms with E-state index >= 15 is 0 Å². The second-order valence-electron chi connectivity index (χ2n) is 8.76. The Bertz CT molecular complexity index is 1240. The molecule has 5 atom stereocenters. The van der Waals surface area contributed by atoms with Crippen molar-refractivity contribution in [1.29, 1.82) is 0 Å². The molecule has 13 heteroatoms. The number of allylic oxidation sites excluding steroid dienone is 1. The minimum absolute atomic E-state index is 0.175. The lowest BCUT2D eigenvalue weighted by atomic mass is 9.87. The van der Waals surface area contributed by atoms with Crippen LogP contribution in [0.2, 0.25) is 0 Å². The summed E-state index contributed by atoms with van der Waals surface area (Å²) in [6.45, 7) is 4.88. The molecule has 1 aromatic carbocycles. The van der Waals surface area contributed by atoms with Gasteiger partial charge in [-0.25, -0.2) is 9.48 Å². The maximum Gasteiger partial charge on any atom is 0.373 e. The Balaban J connectivity index is 2.05. The number of rotatable bonds is 10. The molecular formula is C26H31N3O10. The van der Waals surface area contributed by atoms with Crippen LogP contribution in [0.5, 0.6) is 5.75 Å². The van der Waals surface area contributed by atoms with Gasteiger partial charge in [0.05, 0.1) is 26.5 Å². The van der Waals surface area contributed by atoms with Gasteiger partial charge < -0.3 is 28.4 Å². The number of benzene rings is 1. The fraction of sp³-hybridized carbons (Fsp3) is 0.462.